The Morgan fingerprint density at radius 1 is 1.13 bits per heavy atom. The number of esters is 1. The molecule has 0 aliphatic heterocycles. The summed E-state index contributed by atoms with van der Waals surface area (Å²) in [5.41, 5.74) is 1.37. The minimum absolute atomic E-state index is 0.232. The van der Waals surface area contributed by atoms with Crippen LogP contribution in [0.25, 0.3) is 11.5 Å². The molecule has 0 spiro atoms. The summed E-state index contributed by atoms with van der Waals surface area (Å²) >= 11 is 0. The smallest absolute Gasteiger partial charge is 0.338 e. The zero-order valence-corrected chi connectivity index (χ0v) is 12.2. The molecule has 2 N–H and O–H groups in total. The normalized spacial score (nSPS) is 10.5. The minimum Gasteiger partial charge on any atom is -0.462 e. The molecule has 23 heavy (non-hydrogen) atoms. The molecule has 0 aliphatic rings. The van der Waals surface area contributed by atoms with E-state index in [-0.39, 0.29) is 23.5 Å². The predicted octanol–water partition coefficient (Wildman–Crippen LogP) is 1.60. The van der Waals surface area contributed by atoms with Crippen molar-refractivity contribution < 1.29 is 14.3 Å². The molecule has 8 nitrogen and oxygen atoms in total. The first-order chi connectivity index (χ1) is 11.2. The van der Waals surface area contributed by atoms with Crippen molar-refractivity contribution >= 4 is 11.8 Å². The zero-order valence-electron chi connectivity index (χ0n) is 12.2. The third-order valence-electron chi connectivity index (χ3n) is 3.18. The maximum absolute atomic E-state index is 12.7. The summed E-state index contributed by atoms with van der Waals surface area (Å²) in [5, 5.41) is 13.5. The molecule has 0 fully saturated rings. The SMILES string of the molecule is CCOC(=O)c1ccccc1C(=O)c1ccc(-c2nn[nH]n2)[nH]1. The van der Waals surface area contributed by atoms with Gasteiger partial charge in [0, 0.05) is 5.56 Å². The third kappa shape index (κ3) is 2.86. The average molecular weight is 311 g/mol. The monoisotopic (exact) mass is 311 g/mol. The van der Waals surface area contributed by atoms with Crippen LogP contribution in [0.3, 0.4) is 0 Å². The largest absolute Gasteiger partial charge is 0.462 e. The fourth-order valence-electron chi connectivity index (χ4n) is 2.15. The highest BCUT2D eigenvalue weighted by Gasteiger charge is 2.20. The molecule has 2 aromatic heterocycles. The lowest BCUT2D eigenvalue weighted by molar-refractivity contribution is 0.0523. The van der Waals surface area contributed by atoms with E-state index in [1.54, 1.807) is 43.3 Å². The Morgan fingerprint density at radius 2 is 1.91 bits per heavy atom. The van der Waals surface area contributed by atoms with Crippen LogP contribution in [0, 0.1) is 0 Å². The molecule has 116 valence electrons. The summed E-state index contributed by atoms with van der Waals surface area (Å²) in [4.78, 5) is 27.6. The Morgan fingerprint density at radius 3 is 2.61 bits per heavy atom. The van der Waals surface area contributed by atoms with Gasteiger partial charge in [-0.2, -0.15) is 5.21 Å². The fourth-order valence-corrected chi connectivity index (χ4v) is 2.15. The number of ether oxygens (including phenoxy) is 1. The molecule has 2 heterocycles. The van der Waals surface area contributed by atoms with Crippen molar-refractivity contribution in [1.82, 2.24) is 25.6 Å². The molecule has 8 heteroatoms. The van der Waals surface area contributed by atoms with E-state index in [1.165, 1.54) is 0 Å². The third-order valence-corrected chi connectivity index (χ3v) is 3.18. The second kappa shape index (κ2) is 6.22. The highest BCUT2D eigenvalue weighted by molar-refractivity contribution is 6.13. The van der Waals surface area contributed by atoms with E-state index in [2.05, 4.69) is 25.6 Å². The van der Waals surface area contributed by atoms with Crippen molar-refractivity contribution in [3.8, 4) is 11.5 Å². The Balaban J connectivity index is 1.94. The van der Waals surface area contributed by atoms with E-state index in [9.17, 15) is 9.59 Å². The summed E-state index contributed by atoms with van der Waals surface area (Å²) in [6, 6.07) is 9.81. The molecular formula is C15H13N5O3. The van der Waals surface area contributed by atoms with Crippen LogP contribution in [0.1, 0.15) is 33.3 Å². The van der Waals surface area contributed by atoms with E-state index < -0.39 is 5.97 Å². The first-order valence-electron chi connectivity index (χ1n) is 6.94. The fraction of sp³-hybridized carbons (Fsp3) is 0.133. The molecule has 3 rings (SSSR count). The quantitative estimate of drug-likeness (QED) is 0.546. The van der Waals surface area contributed by atoms with Crippen LogP contribution in [-0.2, 0) is 4.74 Å². The molecule has 0 unspecified atom stereocenters. The first kappa shape index (κ1) is 14.6. The molecular weight excluding hydrogens is 298 g/mol. The number of nitrogens with zero attached hydrogens (tertiary/aromatic N) is 3. The molecule has 0 aliphatic carbocycles. The van der Waals surface area contributed by atoms with Gasteiger partial charge < -0.3 is 9.72 Å². The van der Waals surface area contributed by atoms with E-state index in [4.69, 9.17) is 4.74 Å². The standard InChI is InChI=1S/C15H13N5O3/c1-2-23-15(22)10-6-4-3-5-9(10)13(21)11-7-8-12(16-11)14-17-19-20-18-14/h3-8,16H,2H2,1H3,(H,17,18,19,20). The lowest BCUT2D eigenvalue weighted by Crippen LogP contribution is -2.12. The summed E-state index contributed by atoms with van der Waals surface area (Å²) in [6.45, 7) is 1.95. The van der Waals surface area contributed by atoms with Crippen LogP contribution in [-0.4, -0.2) is 44.0 Å². The number of ketones is 1. The number of carbonyl (C=O) groups is 2. The lowest BCUT2D eigenvalue weighted by atomic mass is 10.0. The maximum atomic E-state index is 12.7. The average Bonchev–Trinajstić information content (AvgIpc) is 3.25. The first-order valence-corrected chi connectivity index (χ1v) is 6.94. The number of hydrogen-bond donors (Lipinski definition) is 2. The van der Waals surface area contributed by atoms with E-state index in [0.717, 1.165) is 0 Å². The molecule has 1 aromatic carbocycles. The van der Waals surface area contributed by atoms with Crippen molar-refractivity contribution in [3.63, 3.8) is 0 Å². The number of aromatic nitrogens is 5. The van der Waals surface area contributed by atoms with Gasteiger partial charge in [0.15, 0.2) is 0 Å². The summed E-state index contributed by atoms with van der Waals surface area (Å²) < 4.78 is 4.98. The predicted molar refractivity (Wildman–Crippen MR) is 79.8 cm³/mol. The number of carbonyl (C=O) groups excluding carboxylic acids is 2. The van der Waals surface area contributed by atoms with E-state index in [1.807, 2.05) is 0 Å². The summed E-state index contributed by atoms with van der Waals surface area (Å²) in [6.07, 6.45) is 0. The number of aromatic amines is 2. The van der Waals surface area contributed by atoms with E-state index in [0.29, 0.717) is 17.2 Å². The number of rotatable bonds is 5. The summed E-state index contributed by atoms with van der Waals surface area (Å²) in [5.74, 6) is -0.493. The molecule has 0 saturated carbocycles. The zero-order chi connectivity index (χ0) is 16.2. The lowest BCUT2D eigenvalue weighted by Gasteiger charge is -2.07. The summed E-state index contributed by atoms with van der Waals surface area (Å²) in [7, 11) is 0. The number of benzene rings is 1. The van der Waals surface area contributed by atoms with Gasteiger partial charge in [-0.15, -0.1) is 10.2 Å². The highest BCUT2D eigenvalue weighted by atomic mass is 16.5. The topological polar surface area (TPSA) is 114 Å². The molecule has 0 radical (unpaired) electrons. The van der Waals surface area contributed by atoms with Gasteiger partial charge in [0.1, 0.15) is 0 Å². The number of hydrogen-bond acceptors (Lipinski definition) is 6. The van der Waals surface area contributed by atoms with Crippen molar-refractivity contribution in [3.05, 3.63) is 53.2 Å². The van der Waals surface area contributed by atoms with Crippen LogP contribution < -0.4 is 0 Å². The second-order valence-corrected chi connectivity index (χ2v) is 4.62. The van der Waals surface area contributed by atoms with Gasteiger partial charge in [0.2, 0.25) is 11.6 Å². The van der Waals surface area contributed by atoms with Crippen LogP contribution in [0.5, 0.6) is 0 Å². The number of nitrogens with one attached hydrogen (secondary N) is 2. The highest BCUT2D eigenvalue weighted by Crippen LogP contribution is 2.18. The molecule has 0 atom stereocenters. The number of tetrazole rings is 1. The van der Waals surface area contributed by atoms with Crippen molar-refractivity contribution in [2.75, 3.05) is 6.61 Å². The van der Waals surface area contributed by atoms with Gasteiger partial charge in [0.05, 0.1) is 23.6 Å². The van der Waals surface area contributed by atoms with E-state index >= 15 is 0 Å². The molecule has 0 amide bonds. The van der Waals surface area contributed by atoms with Crippen LogP contribution in [0.2, 0.25) is 0 Å². The van der Waals surface area contributed by atoms with Gasteiger partial charge in [0.25, 0.3) is 0 Å². The molecule has 0 saturated heterocycles. The molecule has 3 aromatic rings. The van der Waals surface area contributed by atoms with Gasteiger partial charge in [-0.25, -0.2) is 4.79 Å². The Kier molecular flexibility index (Phi) is 3.96. The Hall–Kier alpha value is -3.29. The van der Waals surface area contributed by atoms with Crippen LogP contribution in [0.4, 0.5) is 0 Å². The maximum Gasteiger partial charge on any atom is 0.338 e. The number of H-pyrrole nitrogens is 2. The van der Waals surface area contributed by atoms with Crippen LogP contribution in [0.15, 0.2) is 36.4 Å². The van der Waals surface area contributed by atoms with Crippen molar-refractivity contribution in [2.24, 2.45) is 0 Å². The van der Waals surface area contributed by atoms with Gasteiger partial charge >= 0.3 is 5.97 Å². The Labute approximate surface area is 130 Å². The van der Waals surface area contributed by atoms with Crippen molar-refractivity contribution in [1.29, 1.82) is 0 Å². The van der Waals surface area contributed by atoms with Gasteiger partial charge in [-0.05, 0) is 30.3 Å². The Bertz CT molecular complexity index is 838. The molecule has 0 bridgehead atoms. The van der Waals surface area contributed by atoms with Gasteiger partial charge in [-0.3, -0.25) is 4.79 Å². The second-order valence-electron chi connectivity index (χ2n) is 4.62. The minimum atomic E-state index is -0.526. The van der Waals surface area contributed by atoms with Crippen molar-refractivity contribution in [2.45, 2.75) is 6.92 Å². The van der Waals surface area contributed by atoms with Crippen LogP contribution >= 0.6 is 0 Å². The van der Waals surface area contributed by atoms with Gasteiger partial charge in [-0.1, -0.05) is 18.2 Å².